The molecule has 3 rings (SSSR count). The highest BCUT2D eigenvalue weighted by Gasteiger charge is 2.11. The summed E-state index contributed by atoms with van der Waals surface area (Å²) in [6.07, 6.45) is 3.41. The Bertz CT molecular complexity index is 904. The summed E-state index contributed by atoms with van der Waals surface area (Å²) in [6.45, 7) is 4.71. The lowest BCUT2D eigenvalue weighted by molar-refractivity contribution is -0.118. The zero-order valence-corrected chi connectivity index (χ0v) is 15.0. The van der Waals surface area contributed by atoms with E-state index in [2.05, 4.69) is 32.0 Å². The standard InChI is InChI=1S/C18H19N5OS/c1-3-23-16-9-5-4-8-15(16)20-18(23)25-12-17(24)22-21-13(2)14-7-6-10-19-11-14/h4-11H,3,12H2,1-2H3,(H,22,24)/b21-13+. The van der Waals surface area contributed by atoms with Crippen molar-refractivity contribution in [3.63, 3.8) is 0 Å². The number of hydrazone groups is 1. The van der Waals surface area contributed by atoms with Crippen molar-refractivity contribution >= 4 is 34.4 Å². The van der Waals surface area contributed by atoms with Gasteiger partial charge >= 0.3 is 0 Å². The van der Waals surface area contributed by atoms with E-state index in [1.807, 2.05) is 43.3 Å². The van der Waals surface area contributed by atoms with E-state index >= 15 is 0 Å². The van der Waals surface area contributed by atoms with Gasteiger partial charge in [-0.3, -0.25) is 9.78 Å². The molecular weight excluding hydrogens is 334 g/mol. The van der Waals surface area contributed by atoms with Crippen LogP contribution >= 0.6 is 11.8 Å². The van der Waals surface area contributed by atoms with Crippen molar-refractivity contribution in [2.45, 2.75) is 25.5 Å². The molecule has 0 saturated carbocycles. The summed E-state index contributed by atoms with van der Waals surface area (Å²) in [4.78, 5) is 20.7. The summed E-state index contributed by atoms with van der Waals surface area (Å²) in [5, 5.41) is 4.97. The number of benzene rings is 1. The second kappa shape index (κ2) is 7.94. The first-order valence-corrected chi connectivity index (χ1v) is 8.99. The molecule has 2 heterocycles. The van der Waals surface area contributed by atoms with Crippen molar-refractivity contribution in [1.29, 1.82) is 0 Å². The maximum absolute atomic E-state index is 12.1. The van der Waals surface area contributed by atoms with E-state index < -0.39 is 0 Å². The number of imidazole rings is 1. The van der Waals surface area contributed by atoms with E-state index in [4.69, 9.17) is 0 Å². The molecule has 0 atom stereocenters. The van der Waals surface area contributed by atoms with E-state index in [1.165, 1.54) is 11.8 Å². The number of rotatable bonds is 6. The van der Waals surface area contributed by atoms with Crippen molar-refractivity contribution in [1.82, 2.24) is 20.0 Å². The van der Waals surface area contributed by atoms with E-state index in [0.717, 1.165) is 28.3 Å². The minimum absolute atomic E-state index is 0.164. The summed E-state index contributed by atoms with van der Waals surface area (Å²) in [5.74, 6) is 0.0931. The van der Waals surface area contributed by atoms with Crippen LogP contribution in [-0.4, -0.2) is 31.9 Å². The van der Waals surface area contributed by atoms with Gasteiger partial charge in [-0.05, 0) is 32.0 Å². The summed E-state index contributed by atoms with van der Waals surface area (Å²) < 4.78 is 2.11. The van der Waals surface area contributed by atoms with Gasteiger partial charge in [0.1, 0.15) is 0 Å². The Morgan fingerprint density at radius 2 is 2.12 bits per heavy atom. The number of carbonyl (C=O) groups is 1. The van der Waals surface area contributed by atoms with E-state index in [1.54, 1.807) is 12.4 Å². The van der Waals surface area contributed by atoms with Crippen LogP contribution in [0.2, 0.25) is 0 Å². The Morgan fingerprint density at radius 1 is 1.28 bits per heavy atom. The molecule has 1 amide bonds. The van der Waals surface area contributed by atoms with Crippen LogP contribution < -0.4 is 5.43 Å². The molecule has 0 bridgehead atoms. The number of pyridine rings is 1. The van der Waals surface area contributed by atoms with Gasteiger partial charge < -0.3 is 4.57 Å². The number of thioether (sulfide) groups is 1. The van der Waals surface area contributed by atoms with Crippen molar-refractivity contribution in [2.24, 2.45) is 5.10 Å². The Labute approximate surface area is 150 Å². The molecule has 3 aromatic rings. The van der Waals surface area contributed by atoms with E-state index in [0.29, 0.717) is 5.71 Å². The molecule has 1 aromatic carbocycles. The van der Waals surface area contributed by atoms with Crippen LogP contribution in [0.5, 0.6) is 0 Å². The maximum atomic E-state index is 12.1. The third-order valence-corrected chi connectivity index (χ3v) is 4.67. The van der Waals surface area contributed by atoms with Crippen molar-refractivity contribution in [3.8, 4) is 0 Å². The normalized spacial score (nSPS) is 11.7. The number of aromatic nitrogens is 3. The quantitative estimate of drug-likeness (QED) is 0.420. The first-order valence-electron chi connectivity index (χ1n) is 8.00. The minimum Gasteiger partial charge on any atom is -0.319 e. The number of aryl methyl sites for hydroxylation is 1. The fraction of sp³-hybridized carbons (Fsp3) is 0.222. The number of carbonyl (C=O) groups excluding carboxylic acids is 1. The molecule has 1 N–H and O–H groups in total. The van der Waals surface area contributed by atoms with Crippen LogP contribution in [0.15, 0.2) is 59.0 Å². The average Bonchev–Trinajstić information content (AvgIpc) is 3.02. The zero-order chi connectivity index (χ0) is 17.6. The molecule has 0 saturated heterocycles. The van der Waals surface area contributed by atoms with Crippen LogP contribution in [0.3, 0.4) is 0 Å². The molecular formula is C18H19N5OS. The summed E-state index contributed by atoms with van der Waals surface area (Å²) >= 11 is 1.41. The molecule has 0 fully saturated rings. The van der Waals surface area contributed by atoms with Gasteiger partial charge in [0.05, 0.1) is 22.5 Å². The number of amides is 1. The van der Waals surface area contributed by atoms with Gasteiger partial charge in [-0.1, -0.05) is 30.0 Å². The Hall–Kier alpha value is -2.67. The number of para-hydroxylation sites is 2. The molecule has 0 radical (unpaired) electrons. The smallest absolute Gasteiger partial charge is 0.250 e. The number of hydrogen-bond donors (Lipinski definition) is 1. The SMILES string of the molecule is CCn1c(SCC(=O)N/N=C(\C)c2cccnc2)nc2ccccc21. The lowest BCUT2D eigenvalue weighted by Crippen LogP contribution is -2.21. The lowest BCUT2D eigenvalue weighted by atomic mass is 10.2. The Morgan fingerprint density at radius 3 is 2.88 bits per heavy atom. The maximum Gasteiger partial charge on any atom is 0.250 e. The topological polar surface area (TPSA) is 72.2 Å². The number of nitrogens with one attached hydrogen (secondary N) is 1. The fourth-order valence-corrected chi connectivity index (χ4v) is 3.29. The molecule has 0 unspecified atom stereocenters. The van der Waals surface area contributed by atoms with Gasteiger partial charge in [0, 0.05) is 24.5 Å². The summed E-state index contributed by atoms with van der Waals surface area (Å²) in [5.41, 5.74) is 6.20. The summed E-state index contributed by atoms with van der Waals surface area (Å²) in [7, 11) is 0. The minimum atomic E-state index is -0.164. The van der Waals surface area contributed by atoms with Gasteiger partial charge in [0.2, 0.25) is 0 Å². The van der Waals surface area contributed by atoms with Crippen LogP contribution in [0.4, 0.5) is 0 Å². The van der Waals surface area contributed by atoms with Gasteiger partial charge in [-0.25, -0.2) is 10.4 Å². The molecule has 7 heteroatoms. The fourth-order valence-electron chi connectivity index (χ4n) is 2.42. The molecule has 0 aliphatic carbocycles. The second-order valence-electron chi connectivity index (χ2n) is 5.39. The second-order valence-corrected chi connectivity index (χ2v) is 6.33. The van der Waals surface area contributed by atoms with Gasteiger partial charge in [0.15, 0.2) is 5.16 Å². The molecule has 0 aliphatic heterocycles. The first kappa shape index (κ1) is 17.2. The van der Waals surface area contributed by atoms with Gasteiger partial charge in [0.25, 0.3) is 5.91 Å². The van der Waals surface area contributed by atoms with Crippen molar-refractivity contribution < 1.29 is 4.79 Å². The third-order valence-electron chi connectivity index (χ3n) is 3.70. The van der Waals surface area contributed by atoms with Gasteiger partial charge in [-0.2, -0.15) is 5.10 Å². The average molecular weight is 353 g/mol. The van der Waals surface area contributed by atoms with Crippen molar-refractivity contribution in [3.05, 3.63) is 54.4 Å². The predicted octanol–water partition coefficient (Wildman–Crippen LogP) is 3.08. The molecule has 2 aromatic heterocycles. The number of fused-ring (bicyclic) bond motifs is 1. The van der Waals surface area contributed by atoms with Gasteiger partial charge in [-0.15, -0.1) is 0 Å². The Balaban J connectivity index is 1.63. The van der Waals surface area contributed by atoms with Crippen LogP contribution in [0.25, 0.3) is 11.0 Å². The molecule has 0 spiro atoms. The van der Waals surface area contributed by atoms with E-state index in [-0.39, 0.29) is 11.7 Å². The third kappa shape index (κ3) is 4.06. The number of nitrogens with zero attached hydrogens (tertiary/aromatic N) is 4. The van der Waals surface area contributed by atoms with Crippen LogP contribution in [0, 0.1) is 0 Å². The highest BCUT2D eigenvalue weighted by Crippen LogP contribution is 2.23. The Kier molecular flexibility index (Phi) is 5.45. The summed E-state index contributed by atoms with van der Waals surface area (Å²) in [6, 6.07) is 11.7. The van der Waals surface area contributed by atoms with Crippen molar-refractivity contribution in [2.75, 3.05) is 5.75 Å². The number of hydrogen-bond acceptors (Lipinski definition) is 5. The highest BCUT2D eigenvalue weighted by molar-refractivity contribution is 7.99. The molecule has 0 aliphatic rings. The van der Waals surface area contributed by atoms with Crippen LogP contribution in [0.1, 0.15) is 19.4 Å². The zero-order valence-electron chi connectivity index (χ0n) is 14.1. The first-order chi connectivity index (χ1) is 12.2. The van der Waals surface area contributed by atoms with Crippen LogP contribution in [-0.2, 0) is 11.3 Å². The van der Waals surface area contributed by atoms with E-state index in [9.17, 15) is 4.79 Å². The molecule has 6 nitrogen and oxygen atoms in total. The molecule has 128 valence electrons. The predicted molar refractivity (Wildman–Crippen MR) is 101 cm³/mol. The monoisotopic (exact) mass is 353 g/mol. The highest BCUT2D eigenvalue weighted by atomic mass is 32.2. The lowest BCUT2D eigenvalue weighted by Gasteiger charge is -2.05. The largest absolute Gasteiger partial charge is 0.319 e. The molecule has 25 heavy (non-hydrogen) atoms.